The fourth-order valence-corrected chi connectivity index (χ4v) is 3.71. The number of aromatic nitrogens is 3. The third-order valence-corrected chi connectivity index (χ3v) is 5.53. The molecule has 3 aromatic rings. The Kier molecular flexibility index (Phi) is 5.06. The topological polar surface area (TPSA) is 120 Å². The number of nitro benzene ring substituents is 1. The van der Waals surface area contributed by atoms with E-state index in [0.717, 1.165) is 30.1 Å². The lowest BCUT2D eigenvalue weighted by Gasteiger charge is -2.10. The van der Waals surface area contributed by atoms with Crippen molar-refractivity contribution < 1.29 is 4.92 Å². The summed E-state index contributed by atoms with van der Waals surface area (Å²) in [7, 11) is 1.28. The highest BCUT2D eigenvalue weighted by molar-refractivity contribution is 7.99. The van der Waals surface area contributed by atoms with Gasteiger partial charge in [-0.05, 0) is 49.2 Å². The molecule has 0 radical (unpaired) electrons. The Morgan fingerprint density at radius 3 is 2.11 bits per heavy atom. The van der Waals surface area contributed by atoms with E-state index < -0.39 is 22.0 Å². The van der Waals surface area contributed by atoms with Gasteiger partial charge in [0.2, 0.25) is 0 Å². The van der Waals surface area contributed by atoms with Gasteiger partial charge < -0.3 is 0 Å². The number of hydrogen-bond donors (Lipinski definition) is 1. The number of nitrogens with one attached hydrogen (secondary N) is 1. The lowest BCUT2D eigenvalue weighted by Crippen LogP contribution is -2.47. The predicted octanol–water partition coefficient (Wildman–Crippen LogP) is 1.90. The second kappa shape index (κ2) is 7.31. The molecule has 0 atom stereocenters. The van der Waals surface area contributed by atoms with Gasteiger partial charge in [-0.25, -0.2) is 23.5 Å². The number of H-pyrrole nitrogens is 1. The predicted molar refractivity (Wildman–Crippen MR) is 105 cm³/mol. The lowest BCUT2D eigenvalue weighted by molar-refractivity contribution is -0.385. The Morgan fingerprint density at radius 2 is 1.57 bits per heavy atom. The summed E-state index contributed by atoms with van der Waals surface area (Å²) in [6.07, 6.45) is 0. The van der Waals surface area contributed by atoms with Crippen LogP contribution in [-0.2, 0) is 7.05 Å². The largest absolute Gasteiger partial charge is 0.340 e. The van der Waals surface area contributed by atoms with Crippen molar-refractivity contribution >= 4 is 17.4 Å². The molecular weight excluding hydrogens is 384 g/mol. The average molecular weight is 400 g/mol. The second-order valence-electron chi connectivity index (χ2n) is 6.17. The first kappa shape index (κ1) is 19.4. The summed E-state index contributed by atoms with van der Waals surface area (Å²) in [4.78, 5) is 50.0. The number of benzene rings is 2. The van der Waals surface area contributed by atoms with Crippen molar-refractivity contribution in [1.29, 1.82) is 0 Å². The molecule has 0 saturated carbocycles. The van der Waals surface area contributed by atoms with Crippen molar-refractivity contribution in [1.82, 2.24) is 14.1 Å². The maximum atomic E-state index is 12.2. The van der Waals surface area contributed by atoms with E-state index in [2.05, 4.69) is 4.98 Å². The molecule has 0 unspecified atom stereocenters. The summed E-state index contributed by atoms with van der Waals surface area (Å²) in [5, 5.41) is 11.0. The zero-order valence-corrected chi connectivity index (χ0v) is 16.1. The molecule has 10 heteroatoms. The minimum Gasteiger partial charge on any atom is -0.258 e. The maximum absolute atomic E-state index is 12.2. The number of aromatic amines is 1. The number of non-ortho nitro benzene ring substituents is 1. The van der Waals surface area contributed by atoms with Gasteiger partial charge in [0.05, 0.1) is 10.6 Å². The van der Waals surface area contributed by atoms with Gasteiger partial charge in [0.15, 0.2) is 0 Å². The molecular formula is C18H16N4O5S. The molecule has 9 nitrogen and oxygen atoms in total. The van der Waals surface area contributed by atoms with Gasteiger partial charge in [0, 0.05) is 29.0 Å². The van der Waals surface area contributed by atoms with Gasteiger partial charge in [-0.15, -0.1) is 0 Å². The third kappa shape index (κ3) is 3.54. The summed E-state index contributed by atoms with van der Waals surface area (Å²) in [5.74, 6) is 0. The number of nitro groups is 1. The van der Waals surface area contributed by atoms with Crippen molar-refractivity contribution in [2.45, 2.75) is 23.6 Å². The van der Waals surface area contributed by atoms with E-state index in [1.165, 1.54) is 30.9 Å². The van der Waals surface area contributed by atoms with Gasteiger partial charge in [-0.1, -0.05) is 11.8 Å². The molecule has 28 heavy (non-hydrogen) atoms. The van der Waals surface area contributed by atoms with Crippen LogP contribution in [0.5, 0.6) is 0 Å². The molecule has 0 amide bonds. The Bertz CT molecular complexity index is 1230. The molecule has 0 fully saturated rings. The summed E-state index contributed by atoms with van der Waals surface area (Å²) in [6.45, 7) is 3.61. The maximum Gasteiger partial charge on any atom is 0.340 e. The summed E-state index contributed by atoms with van der Waals surface area (Å²) in [6, 6.07) is 9.70. The van der Waals surface area contributed by atoms with Crippen LogP contribution in [-0.4, -0.2) is 19.0 Å². The van der Waals surface area contributed by atoms with Crippen molar-refractivity contribution in [3.05, 3.63) is 89.1 Å². The first-order valence-corrected chi connectivity index (χ1v) is 8.97. The molecule has 144 valence electrons. The number of rotatable bonds is 4. The van der Waals surface area contributed by atoms with Crippen molar-refractivity contribution in [3.8, 4) is 5.69 Å². The van der Waals surface area contributed by atoms with Gasteiger partial charge in [-0.2, -0.15) is 0 Å². The number of hydrogen-bond acceptors (Lipinski definition) is 6. The summed E-state index contributed by atoms with van der Waals surface area (Å²) < 4.78 is 1.69. The fourth-order valence-electron chi connectivity index (χ4n) is 2.76. The van der Waals surface area contributed by atoms with Crippen LogP contribution in [0, 0.1) is 24.0 Å². The monoisotopic (exact) mass is 400 g/mol. The molecule has 0 aliphatic carbocycles. The molecule has 0 spiro atoms. The SMILES string of the molecule is Cc1cc([N+](=O)[O-])cc(C)c1Sc1ccc(-n2c(=O)[nH]c(=O)n(C)c2=O)cc1. The summed E-state index contributed by atoms with van der Waals surface area (Å²) in [5.41, 5.74) is -0.390. The van der Waals surface area contributed by atoms with E-state index in [1.807, 2.05) is 0 Å². The molecule has 0 saturated heterocycles. The van der Waals surface area contributed by atoms with Gasteiger partial charge in [0.25, 0.3) is 5.69 Å². The van der Waals surface area contributed by atoms with Crippen LogP contribution in [0.1, 0.15) is 11.1 Å². The fraction of sp³-hybridized carbons (Fsp3) is 0.167. The minimum atomic E-state index is -0.810. The van der Waals surface area contributed by atoms with Crippen LogP contribution in [0.3, 0.4) is 0 Å². The van der Waals surface area contributed by atoms with E-state index in [4.69, 9.17) is 0 Å². The standard InChI is InChI=1S/C18H16N4O5S/c1-10-8-13(22(26)27)9-11(2)15(10)28-14-6-4-12(5-7-14)21-17(24)19-16(23)20(3)18(21)25/h4-9H,1-3H3,(H,19,23,24). The van der Waals surface area contributed by atoms with E-state index >= 15 is 0 Å². The highest BCUT2D eigenvalue weighted by Gasteiger charge is 2.14. The lowest BCUT2D eigenvalue weighted by atomic mass is 10.1. The van der Waals surface area contributed by atoms with E-state index in [1.54, 1.807) is 38.1 Å². The zero-order valence-electron chi connectivity index (χ0n) is 15.3. The second-order valence-corrected chi connectivity index (χ2v) is 7.26. The van der Waals surface area contributed by atoms with Gasteiger partial charge in [-0.3, -0.25) is 15.1 Å². The Morgan fingerprint density at radius 1 is 1.00 bits per heavy atom. The van der Waals surface area contributed by atoms with E-state index in [9.17, 15) is 24.5 Å². The zero-order chi connectivity index (χ0) is 20.6. The smallest absolute Gasteiger partial charge is 0.258 e. The van der Waals surface area contributed by atoms with Crippen LogP contribution in [0.2, 0.25) is 0 Å². The molecule has 1 heterocycles. The quantitative estimate of drug-likeness (QED) is 0.528. The normalized spacial score (nSPS) is 10.8. The Labute approximate surface area is 162 Å². The van der Waals surface area contributed by atoms with Crippen LogP contribution >= 0.6 is 11.8 Å². The Balaban J connectivity index is 1.97. The number of nitrogens with zero attached hydrogens (tertiary/aromatic N) is 3. The highest BCUT2D eigenvalue weighted by atomic mass is 32.2. The molecule has 3 rings (SSSR count). The van der Waals surface area contributed by atoms with Crippen molar-refractivity contribution in [2.75, 3.05) is 0 Å². The van der Waals surface area contributed by atoms with E-state index in [-0.39, 0.29) is 5.69 Å². The molecule has 1 aromatic heterocycles. The van der Waals surface area contributed by atoms with Crippen molar-refractivity contribution in [3.63, 3.8) is 0 Å². The molecule has 0 bridgehead atoms. The van der Waals surface area contributed by atoms with Gasteiger partial charge in [0.1, 0.15) is 0 Å². The van der Waals surface area contributed by atoms with Crippen LogP contribution in [0.25, 0.3) is 5.69 Å². The van der Waals surface area contributed by atoms with Crippen molar-refractivity contribution in [2.24, 2.45) is 7.05 Å². The van der Waals surface area contributed by atoms with Crippen LogP contribution in [0.15, 0.2) is 60.6 Å². The van der Waals surface area contributed by atoms with Gasteiger partial charge >= 0.3 is 17.1 Å². The first-order chi connectivity index (χ1) is 13.2. The highest BCUT2D eigenvalue weighted by Crippen LogP contribution is 2.35. The first-order valence-electron chi connectivity index (χ1n) is 8.15. The Hall–Kier alpha value is -3.40. The molecule has 1 N–H and O–H groups in total. The number of aryl methyl sites for hydroxylation is 2. The average Bonchev–Trinajstić information content (AvgIpc) is 2.63. The molecule has 0 aliphatic rings. The van der Waals surface area contributed by atoms with Crippen LogP contribution in [0.4, 0.5) is 5.69 Å². The third-order valence-electron chi connectivity index (χ3n) is 4.17. The van der Waals surface area contributed by atoms with Crippen LogP contribution < -0.4 is 17.1 Å². The van der Waals surface area contributed by atoms with E-state index in [0.29, 0.717) is 5.69 Å². The molecule has 0 aliphatic heterocycles. The minimum absolute atomic E-state index is 0.0444. The molecule has 2 aromatic carbocycles. The summed E-state index contributed by atoms with van der Waals surface area (Å²) >= 11 is 1.43.